The zero-order chi connectivity index (χ0) is 9.10. The third kappa shape index (κ3) is 2.43. The first-order valence-electron chi connectivity index (χ1n) is 3.54. The smallest absolute Gasteiger partial charge is 0.223 e. The summed E-state index contributed by atoms with van der Waals surface area (Å²) in [6.07, 6.45) is 1.66. The van der Waals surface area contributed by atoms with Gasteiger partial charge >= 0.3 is 0 Å². The molecule has 2 nitrogen and oxygen atoms in total. The summed E-state index contributed by atoms with van der Waals surface area (Å²) in [6, 6.07) is 5.90. The molecule has 5 heteroatoms. The van der Waals surface area contributed by atoms with Crippen LogP contribution in [0.15, 0.2) is 39.0 Å². The maximum Gasteiger partial charge on any atom is 0.223 e. The first-order chi connectivity index (χ1) is 6.34. The number of halogens is 1. The molecule has 0 aliphatic carbocycles. The SMILES string of the molecule is Clc1nccc(Sc2cccs2)n1. The van der Waals surface area contributed by atoms with Crippen molar-refractivity contribution in [3.8, 4) is 0 Å². The van der Waals surface area contributed by atoms with Crippen LogP contribution in [0.5, 0.6) is 0 Å². The maximum atomic E-state index is 5.65. The van der Waals surface area contributed by atoms with E-state index in [4.69, 9.17) is 11.6 Å². The lowest BCUT2D eigenvalue weighted by Crippen LogP contribution is -1.82. The summed E-state index contributed by atoms with van der Waals surface area (Å²) >= 11 is 8.93. The third-order valence-corrected chi connectivity index (χ3v) is 3.46. The topological polar surface area (TPSA) is 25.8 Å². The monoisotopic (exact) mass is 228 g/mol. The minimum absolute atomic E-state index is 0.293. The zero-order valence-corrected chi connectivity index (χ0v) is 8.86. The Morgan fingerprint density at radius 1 is 1.38 bits per heavy atom. The van der Waals surface area contributed by atoms with Crippen LogP contribution in [0, 0.1) is 0 Å². The van der Waals surface area contributed by atoms with Crippen LogP contribution in [0.4, 0.5) is 0 Å². The highest BCUT2D eigenvalue weighted by Crippen LogP contribution is 2.29. The van der Waals surface area contributed by atoms with Gasteiger partial charge in [-0.1, -0.05) is 17.8 Å². The van der Waals surface area contributed by atoms with E-state index in [-0.39, 0.29) is 0 Å². The van der Waals surface area contributed by atoms with Crippen LogP contribution in [0.2, 0.25) is 5.28 Å². The summed E-state index contributed by atoms with van der Waals surface area (Å²) < 4.78 is 1.20. The first-order valence-corrected chi connectivity index (χ1v) is 5.62. The Labute approximate surface area is 89.0 Å². The van der Waals surface area contributed by atoms with Gasteiger partial charge in [0.2, 0.25) is 5.28 Å². The van der Waals surface area contributed by atoms with E-state index in [1.807, 2.05) is 23.6 Å². The Hall–Kier alpha value is -0.580. The molecule has 13 heavy (non-hydrogen) atoms. The molecule has 2 aromatic rings. The number of nitrogens with zero attached hydrogens (tertiary/aromatic N) is 2. The van der Waals surface area contributed by atoms with Crippen LogP contribution < -0.4 is 0 Å². The molecule has 0 radical (unpaired) electrons. The van der Waals surface area contributed by atoms with Crippen LogP contribution in [-0.2, 0) is 0 Å². The lowest BCUT2D eigenvalue weighted by Gasteiger charge is -1.96. The van der Waals surface area contributed by atoms with E-state index in [9.17, 15) is 0 Å². The van der Waals surface area contributed by atoms with Gasteiger partial charge in [-0.3, -0.25) is 0 Å². The summed E-state index contributed by atoms with van der Waals surface area (Å²) in [5, 5.41) is 3.20. The lowest BCUT2D eigenvalue weighted by atomic mass is 10.7. The van der Waals surface area contributed by atoms with E-state index in [0.29, 0.717) is 5.28 Å². The number of aromatic nitrogens is 2. The maximum absolute atomic E-state index is 5.65. The quantitative estimate of drug-likeness (QED) is 0.583. The Bertz CT molecular complexity index is 389. The van der Waals surface area contributed by atoms with Crippen LogP contribution in [-0.4, -0.2) is 9.97 Å². The highest BCUT2D eigenvalue weighted by Gasteiger charge is 2.00. The van der Waals surface area contributed by atoms with E-state index in [1.165, 1.54) is 4.21 Å². The molecule has 0 atom stereocenters. The lowest BCUT2D eigenvalue weighted by molar-refractivity contribution is 1.05. The molecular weight excluding hydrogens is 224 g/mol. The van der Waals surface area contributed by atoms with Gasteiger partial charge in [0, 0.05) is 6.20 Å². The molecule has 0 aliphatic heterocycles. The number of thiophene rings is 1. The van der Waals surface area contributed by atoms with E-state index in [1.54, 1.807) is 29.3 Å². The normalized spacial score (nSPS) is 10.2. The Morgan fingerprint density at radius 3 is 3.00 bits per heavy atom. The molecular formula is C8H5ClN2S2. The molecule has 66 valence electrons. The van der Waals surface area contributed by atoms with Crippen molar-refractivity contribution in [3.63, 3.8) is 0 Å². The molecule has 2 heterocycles. The van der Waals surface area contributed by atoms with Gasteiger partial charge in [-0.2, -0.15) is 0 Å². The predicted molar refractivity (Wildman–Crippen MR) is 55.5 cm³/mol. The van der Waals surface area contributed by atoms with Crippen LogP contribution >= 0.6 is 34.7 Å². The van der Waals surface area contributed by atoms with Crippen molar-refractivity contribution in [2.24, 2.45) is 0 Å². The van der Waals surface area contributed by atoms with Gasteiger partial charge in [0.1, 0.15) is 5.03 Å². The van der Waals surface area contributed by atoms with Crippen molar-refractivity contribution in [3.05, 3.63) is 35.1 Å². The second-order valence-corrected chi connectivity index (χ2v) is 4.80. The van der Waals surface area contributed by atoms with Crippen molar-refractivity contribution in [1.29, 1.82) is 0 Å². The number of hydrogen-bond acceptors (Lipinski definition) is 4. The minimum Gasteiger partial charge on any atom is -0.226 e. The highest BCUT2D eigenvalue weighted by atomic mass is 35.5. The first kappa shape index (κ1) is 8.99. The molecule has 2 aromatic heterocycles. The van der Waals surface area contributed by atoms with Crippen molar-refractivity contribution < 1.29 is 0 Å². The molecule has 0 spiro atoms. The molecule has 0 saturated carbocycles. The molecule has 0 aromatic carbocycles. The van der Waals surface area contributed by atoms with Crippen molar-refractivity contribution in [2.45, 2.75) is 9.24 Å². The van der Waals surface area contributed by atoms with E-state index < -0.39 is 0 Å². The summed E-state index contributed by atoms with van der Waals surface area (Å²) in [4.78, 5) is 7.89. The molecule has 0 bridgehead atoms. The molecule has 2 rings (SSSR count). The van der Waals surface area contributed by atoms with Gasteiger partial charge in [-0.15, -0.1) is 11.3 Å². The fourth-order valence-electron chi connectivity index (χ4n) is 0.801. The standard InChI is InChI=1S/C8H5ClN2S2/c9-8-10-4-3-6(11-8)13-7-2-1-5-12-7/h1-5H. The van der Waals surface area contributed by atoms with Crippen molar-refractivity contribution in [2.75, 3.05) is 0 Å². The Kier molecular flexibility index (Phi) is 2.83. The van der Waals surface area contributed by atoms with Gasteiger partial charge in [0.15, 0.2) is 0 Å². The fourth-order valence-corrected chi connectivity index (χ4v) is 2.68. The molecule has 0 aliphatic rings. The highest BCUT2D eigenvalue weighted by molar-refractivity contribution is 8.01. The second kappa shape index (κ2) is 4.09. The fraction of sp³-hybridized carbons (Fsp3) is 0. The van der Waals surface area contributed by atoms with Gasteiger partial charge in [0.05, 0.1) is 4.21 Å². The van der Waals surface area contributed by atoms with E-state index in [2.05, 4.69) is 9.97 Å². The van der Waals surface area contributed by atoms with Crippen LogP contribution in [0.25, 0.3) is 0 Å². The predicted octanol–water partition coefficient (Wildman–Crippen LogP) is 3.34. The molecule has 0 N–H and O–H groups in total. The number of rotatable bonds is 2. The zero-order valence-electron chi connectivity index (χ0n) is 6.48. The van der Waals surface area contributed by atoms with Gasteiger partial charge in [-0.05, 0) is 29.1 Å². The molecule has 0 unspecified atom stereocenters. The largest absolute Gasteiger partial charge is 0.226 e. The van der Waals surface area contributed by atoms with Crippen molar-refractivity contribution >= 4 is 34.7 Å². The van der Waals surface area contributed by atoms with Gasteiger partial charge in [0.25, 0.3) is 0 Å². The summed E-state index contributed by atoms with van der Waals surface area (Å²) in [6.45, 7) is 0. The molecule has 0 saturated heterocycles. The molecule has 0 amide bonds. The summed E-state index contributed by atoms with van der Waals surface area (Å²) in [5.41, 5.74) is 0. The van der Waals surface area contributed by atoms with Gasteiger partial charge < -0.3 is 0 Å². The summed E-state index contributed by atoms with van der Waals surface area (Å²) in [7, 11) is 0. The van der Waals surface area contributed by atoms with Gasteiger partial charge in [-0.25, -0.2) is 9.97 Å². The molecule has 0 fully saturated rings. The van der Waals surface area contributed by atoms with Crippen LogP contribution in [0.3, 0.4) is 0 Å². The average molecular weight is 229 g/mol. The van der Waals surface area contributed by atoms with Crippen LogP contribution in [0.1, 0.15) is 0 Å². The second-order valence-electron chi connectivity index (χ2n) is 2.20. The third-order valence-electron chi connectivity index (χ3n) is 1.30. The number of hydrogen-bond donors (Lipinski definition) is 0. The Morgan fingerprint density at radius 2 is 2.31 bits per heavy atom. The average Bonchev–Trinajstić information content (AvgIpc) is 2.57. The summed E-state index contributed by atoms with van der Waals surface area (Å²) in [5.74, 6) is 0. The van der Waals surface area contributed by atoms with Crippen molar-refractivity contribution in [1.82, 2.24) is 9.97 Å². The van der Waals surface area contributed by atoms with E-state index >= 15 is 0 Å². The minimum atomic E-state index is 0.293. The Balaban J connectivity index is 2.19. The van der Waals surface area contributed by atoms with E-state index in [0.717, 1.165) is 5.03 Å².